The van der Waals surface area contributed by atoms with E-state index in [4.69, 9.17) is 5.73 Å². The van der Waals surface area contributed by atoms with Crippen LogP contribution in [0, 0.1) is 0 Å². The summed E-state index contributed by atoms with van der Waals surface area (Å²) in [6, 6.07) is 4.81. The zero-order valence-electron chi connectivity index (χ0n) is 10.8. The molecule has 1 rings (SSSR count). The minimum atomic E-state index is -3.65. The first-order chi connectivity index (χ1) is 8.66. The van der Waals surface area contributed by atoms with Crippen molar-refractivity contribution >= 4 is 19.9 Å². The second kappa shape index (κ2) is 6.00. The number of rotatable bonds is 6. The van der Waals surface area contributed by atoms with Gasteiger partial charge in [0.05, 0.1) is 9.79 Å². The van der Waals surface area contributed by atoms with Gasteiger partial charge in [-0.15, -0.1) is 0 Å². The highest BCUT2D eigenvalue weighted by molar-refractivity contribution is 7.90. The number of hydrogen-bond donors (Lipinski definition) is 2. The van der Waals surface area contributed by atoms with Crippen LogP contribution in [-0.4, -0.2) is 35.7 Å². The number of sulfonamides is 1. The Morgan fingerprint density at radius 3 is 2.00 bits per heavy atom. The number of benzene rings is 1. The quantitative estimate of drug-likeness (QED) is 0.775. The molecule has 0 saturated carbocycles. The summed E-state index contributed by atoms with van der Waals surface area (Å²) < 4.78 is 48.7. The highest BCUT2D eigenvalue weighted by Crippen LogP contribution is 2.14. The van der Waals surface area contributed by atoms with Gasteiger partial charge in [-0.05, 0) is 30.7 Å². The van der Waals surface area contributed by atoms with E-state index in [1.54, 1.807) is 0 Å². The van der Waals surface area contributed by atoms with Gasteiger partial charge in [-0.25, -0.2) is 21.6 Å². The van der Waals surface area contributed by atoms with Crippen molar-refractivity contribution in [3.63, 3.8) is 0 Å². The third-order valence-corrected chi connectivity index (χ3v) is 5.19. The van der Waals surface area contributed by atoms with Crippen LogP contribution >= 0.6 is 0 Å². The van der Waals surface area contributed by atoms with Crippen LogP contribution in [0.1, 0.15) is 13.3 Å². The molecule has 8 heteroatoms. The lowest BCUT2D eigenvalue weighted by Crippen LogP contribution is -2.36. The summed E-state index contributed by atoms with van der Waals surface area (Å²) in [5.74, 6) is 0. The number of nitrogens with two attached hydrogens (primary N) is 1. The maximum atomic E-state index is 11.9. The molecule has 0 aliphatic carbocycles. The topological polar surface area (TPSA) is 106 Å². The molecule has 19 heavy (non-hydrogen) atoms. The first-order valence-corrected chi connectivity index (χ1v) is 9.09. The van der Waals surface area contributed by atoms with Gasteiger partial charge in [0, 0.05) is 18.8 Å². The zero-order chi connectivity index (χ0) is 14.7. The molecule has 1 aromatic rings. The number of hydrogen-bond acceptors (Lipinski definition) is 5. The molecule has 6 nitrogen and oxygen atoms in total. The normalized spacial score (nSPS) is 14.3. The fourth-order valence-electron chi connectivity index (χ4n) is 1.31. The number of nitrogens with one attached hydrogen (secondary N) is 1. The van der Waals surface area contributed by atoms with Gasteiger partial charge in [-0.2, -0.15) is 0 Å². The molecular formula is C11H18N2O4S2. The molecule has 1 atom stereocenters. The molecule has 0 heterocycles. The van der Waals surface area contributed by atoms with Gasteiger partial charge >= 0.3 is 0 Å². The summed E-state index contributed by atoms with van der Waals surface area (Å²) in [7, 11) is -6.98. The summed E-state index contributed by atoms with van der Waals surface area (Å²) in [4.78, 5) is 0.0971. The van der Waals surface area contributed by atoms with Gasteiger partial charge < -0.3 is 5.73 Å². The molecule has 0 aliphatic rings. The molecule has 0 aromatic heterocycles. The minimum Gasteiger partial charge on any atom is -0.327 e. The van der Waals surface area contributed by atoms with E-state index in [1.807, 2.05) is 6.92 Å². The Hall–Kier alpha value is -0.960. The van der Waals surface area contributed by atoms with Crippen molar-refractivity contribution in [2.75, 3.05) is 12.8 Å². The second-order valence-corrected chi connectivity index (χ2v) is 8.05. The molecule has 1 aromatic carbocycles. The molecule has 0 spiro atoms. The lowest BCUT2D eigenvalue weighted by molar-refractivity contribution is 0.563. The molecule has 0 aliphatic heterocycles. The highest BCUT2D eigenvalue weighted by Gasteiger charge is 2.16. The molecule has 108 valence electrons. The van der Waals surface area contributed by atoms with Crippen LogP contribution < -0.4 is 10.5 Å². The fourth-order valence-corrected chi connectivity index (χ4v) is 3.04. The van der Waals surface area contributed by atoms with Gasteiger partial charge in [0.2, 0.25) is 10.0 Å². The molecular weight excluding hydrogens is 288 g/mol. The first-order valence-electron chi connectivity index (χ1n) is 5.72. The summed E-state index contributed by atoms with van der Waals surface area (Å²) in [6.45, 7) is 2.01. The average Bonchev–Trinajstić information content (AvgIpc) is 2.35. The van der Waals surface area contributed by atoms with E-state index in [0.29, 0.717) is 6.42 Å². The summed E-state index contributed by atoms with van der Waals surface area (Å²) in [5.41, 5.74) is 5.63. The first kappa shape index (κ1) is 16.1. The van der Waals surface area contributed by atoms with Gasteiger partial charge in [-0.1, -0.05) is 6.92 Å². The molecule has 1 unspecified atom stereocenters. The van der Waals surface area contributed by atoms with Gasteiger partial charge in [0.25, 0.3) is 0 Å². The summed E-state index contributed by atoms with van der Waals surface area (Å²) in [6.07, 6.45) is 1.73. The lowest BCUT2D eigenvalue weighted by atomic mass is 10.2. The van der Waals surface area contributed by atoms with Crippen molar-refractivity contribution in [2.45, 2.75) is 29.2 Å². The Kier molecular flexibility index (Phi) is 5.08. The average molecular weight is 306 g/mol. The van der Waals surface area contributed by atoms with Crippen LogP contribution in [0.5, 0.6) is 0 Å². The second-order valence-electron chi connectivity index (χ2n) is 4.26. The van der Waals surface area contributed by atoms with Crippen LogP contribution in [0.4, 0.5) is 0 Å². The molecule has 0 radical (unpaired) electrons. The summed E-state index contributed by atoms with van der Waals surface area (Å²) >= 11 is 0. The highest BCUT2D eigenvalue weighted by atomic mass is 32.2. The van der Waals surface area contributed by atoms with Gasteiger partial charge in [0.15, 0.2) is 9.84 Å². The van der Waals surface area contributed by atoms with Crippen LogP contribution in [0.3, 0.4) is 0 Å². The Morgan fingerprint density at radius 1 is 1.11 bits per heavy atom. The molecule has 0 fully saturated rings. The maximum Gasteiger partial charge on any atom is 0.240 e. The molecule has 3 N–H and O–H groups in total. The van der Waals surface area contributed by atoms with Crippen molar-refractivity contribution in [1.82, 2.24) is 4.72 Å². The van der Waals surface area contributed by atoms with Crippen LogP contribution in [0.25, 0.3) is 0 Å². The SMILES string of the molecule is CCC(N)CNS(=O)(=O)c1ccc(S(C)(=O)=O)cc1. The number of sulfone groups is 1. The van der Waals surface area contributed by atoms with Crippen molar-refractivity contribution in [1.29, 1.82) is 0 Å². The minimum absolute atomic E-state index is 0.0169. The Labute approximate surface area is 114 Å². The van der Waals surface area contributed by atoms with Crippen molar-refractivity contribution in [3.05, 3.63) is 24.3 Å². The van der Waals surface area contributed by atoms with E-state index in [2.05, 4.69) is 4.72 Å². The molecule has 0 amide bonds. The standard InChI is InChI=1S/C11H18N2O4S2/c1-3-9(12)8-13-19(16,17)11-6-4-10(5-7-11)18(2,14)15/h4-7,9,13H,3,8,12H2,1-2H3. The third-order valence-electron chi connectivity index (χ3n) is 2.62. The predicted octanol–water partition coefficient (Wildman–Crippen LogP) is 0.106. The smallest absolute Gasteiger partial charge is 0.240 e. The van der Waals surface area contributed by atoms with E-state index in [0.717, 1.165) is 6.26 Å². The Balaban J connectivity index is 2.91. The van der Waals surface area contributed by atoms with Crippen molar-refractivity contribution < 1.29 is 16.8 Å². The Morgan fingerprint density at radius 2 is 1.58 bits per heavy atom. The van der Waals surface area contributed by atoms with Crippen LogP contribution in [0.15, 0.2) is 34.1 Å². The van der Waals surface area contributed by atoms with Gasteiger partial charge in [0.1, 0.15) is 0 Å². The van der Waals surface area contributed by atoms with E-state index in [9.17, 15) is 16.8 Å². The molecule has 0 bridgehead atoms. The third kappa shape index (κ3) is 4.57. The maximum absolute atomic E-state index is 11.9. The predicted molar refractivity (Wildman–Crippen MR) is 73.0 cm³/mol. The fraction of sp³-hybridized carbons (Fsp3) is 0.455. The van der Waals surface area contributed by atoms with Crippen LogP contribution in [-0.2, 0) is 19.9 Å². The van der Waals surface area contributed by atoms with E-state index >= 15 is 0 Å². The Bertz CT molecular complexity index is 621. The van der Waals surface area contributed by atoms with Gasteiger partial charge in [-0.3, -0.25) is 0 Å². The van der Waals surface area contributed by atoms with E-state index in [1.165, 1.54) is 24.3 Å². The van der Waals surface area contributed by atoms with E-state index in [-0.39, 0.29) is 22.4 Å². The zero-order valence-corrected chi connectivity index (χ0v) is 12.5. The van der Waals surface area contributed by atoms with Crippen molar-refractivity contribution in [2.24, 2.45) is 5.73 Å². The lowest BCUT2D eigenvalue weighted by Gasteiger charge is -2.11. The molecule has 0 saturated heterocycles. The largest absolute Gasteiger partial charge is 0.327 e. The monoisotopic (exact) mass is 306 g/mol. The van der Waals surface area contributed by atoms with E-state index < -0.39 is 19.9 Å². The van der Waals surface area contributed by atoms with Crippen LogP contribution in [0.2, 0.25) is 0 Å². The summed E-state index contributed by atoms with van der Waals surface area (Å²) in [5, 5.41) is 0. The van der Waals surface area contributed by atoms with Crippen molar-refractivity contribution in [3.8, 4) is 0 Å².